The second-order valence-electron chi connectivity index (χ2n) is 3.41. The Morgan fingerprint density at radius 2 is 2.18 bits per heavy atom. The number of aromatic carboxylic acids is 1. The number of carbonyl (C=O) groups is 1. The van der Waals surface area contributed by atoms with Crippen LogP contribution in [-0.2, 0) is 11.3 Å². The van der Waals surface area contributed by atoms with Crippen LogP contribution in [-0.4, -0.2) is 23.9 Å². The van der Waals surface area contributed by atoms with E-state index in [0.717, 1.165) is 16.2 Å². The van der Waals surface area contributed by atoms with Crippen molar-refractivity contribution >= 4 is 17.3 Å². The van der Waals surface area contributed by atoms with Crippen LogP contribution in [0.15, 0.2) is 6.07 Å². The average molecular weight is 268 g/mol. The predicted octanol–water partition coefficient (Wildman–Crippen LogP) is 3.22. The summed E-state index contributed by atoms with van der Waals surface area (Å²) < 4.78 is 40.3. The molecule has 0 aliphatic rings. The van der Waals surface area contributed by atoms with Crippen molar-refractivity contribution in [3.8, 4) is 0 Å². The number of hydrogen-bond acceptors (Lipinski definition) is 3. The minimum absolute atomic E-state index is 0.00565. The van der Waals surface area contributed by atoms with Crippen molar-refractivity contribution in [2.24, 2.45) is 0 Å². The van der Waals surface area contributed by atoms with Crippen molar-refractivity contribution in [3.05, 3.63) is 21.4 Å². The zero-order valence-electron chi connectivity index (χ0n) is 9.00. The molecule has 0 aliphatic heterocycles. The van der Waals surface area contributed by atoms with E-state index in [9.17, 15) is 18.0 Å². The van der Waals surface area contributed by atoms with E-state index < -0.39 is 25.2 Å². The van der Waals surface area contributed by atoms with Gasteiger partial charge >= 0.3 is 12.1 Å². The molecule has 17 heavy (non-hydrogen) atoms. The molecule has 0 radical (unpaired) electrons. The first-order chi connectivity index (χ1) is 7.79. The lowest BCUT2D eigenvalue weighted by Gasteiger charge is -2.06. The molecule has 0 saturated heterocycles. The molecule has 1 aromatic heterocycles. The van der Waals surface area contributed by atoms with Gasteiger partial charge in [-0.2, -0.15) is 13.2 Å². The molecular weight excluding hydrogens is 257 g/mol. The number of aryl methyl sites for hydroxylation is 1. The van der Waals surface area contributed by atoms with E-state index in [1.165, 1.54) is 6.07 Å². The van der Waals surface area contributed by atoms with Crippen LogP contribution in [0.3, 0.4) is 0 Å². The highest BCUT2D eigenvalue weighted by Crippen LogP contribution is 2.23. The van der Waals surface area contributed by atoms with Crippen LogP contribution in [0.4, 0.5) is 13.2 Å². The molecule has 0 atom stereocenters. The van der Waals surface area contributed by atoms with Gasteiger partial charge in [-0.1, -0.05) is 0 Å². The van der Waals surface area contributed by atoms with E-state index in [1.807, 2.05) is 0 Å². The van der Waals surface area contributed by atoms with Gasteiger partial charge < -0.3 is 9.84 Å². The molecular formula is C10H11F3O3S. The van der Waals surface area contributed by atoms with Crippen molar-refractivity contribution in [1.82, 2.24) is 0 Å². The first kappa shape index (κ1) is 14.0. The molecule has 0 spiro atoms. The van der Waals surface area contributed by atoms with Crippen LogP contribution in [0.25, 0.3) is 0 Å². The van der Waals surface area contributed by atoms with Crippen molar-refractivity contribution in [2.75, 3.05) is 6.61 Å². The van der Waals surface area contributed by atoms with E-state index in [4.69, 9.17) is 9.84 Å². The fraction of sp³-hybridized carbons (Fsp3) is 0.500. The fourth-order valence-corrected chi connectivity index (χ4v) is 2.01. The molecule has 0 aromatic carbocycles. The maximum atomic E-state index is 11.8. The van der Waals surface area contributed by atoms with E-state index in [-0.39, 0.29) is 11.5 Å². The third-order valence-corrected chi connectivity index (χ3v) is 3.10. The fourth-order valence-electron chi connectivity index (χ4n) is 1.14. The largest absolute Gasteiger partial charge is 0.477 e. The molecule has 1 N–H and O–H groups in total. The van der Waals surface area contributed by atoms with Gasteiger partial charge in [-0.3, -0.25) is 0 Å². The maximum Gasteiger partial charge on any atom is 0.391 e. The predicted molar refractivity (Wildman–Crippen MR) is 56.3 cm³/mol. The second-order valence-corrected chi connectivity index (χ2v) is 4.67. The molecule has 0 fully saturated rings. The summed E-state index contributed by atoms with van der Waals surface area (Å²) in [4.78, 5) is 11.6. The van der Waals surface area contributed by atoms with Crippen LogP contribution < -0.4 is 0 Å². The van der Waals surface area contributed by atoms with Crippen LogP contribution in [0, 0.1) is 6.92 Å². The lowest BCUT2D eigenvalue weighted by molar-refractivity contribution is -0.146. The number of halogens is 3. The minimum Gasteiger partial charge on any atom is -0.477 e. The van der Waals surface area contributed by atoms with Gasteiger partial charge in [0.15, 0.2) is 0 Å². The van der Waals surface area contributed by atoms with Crippen molar-refractivity contribution in [2.45, 2.75) is 26.1 Å². The van der Waals surface area contributed by atoms with Crippen molar-refractivity contribution < 1.29 is 27.8 Å². The number of hydrogen-bond donors (Lipinski definition) is 1. The minimum atomic E-state index is -4.23. The maximum absolute atomic E-state index is 11.8. The molecule has 0 aliphatic carbocycles. The Morgan fingerprint density at radius 1 is 1.53 bits per heavy atom. The SMILES string of the molecule is Cc1sc(C(=O)O)cc1COCCC(F)(F)F. The summed E-state index contributed by atoms with van der Waals surface area (Å²) in [7, 11) is 0. The zero-order chi connectivity index (χ0) is 13.1. The van der Waals surface area contributed by atoms with Crippen LogP contribution in [0.5, 0.6) is 0 Å². The molecule has 1 aromatic rings. The molecule has 96 valence electrons. The standard InChI is InChI=1S/C10H11F3O3S/c1-6-7(4-8(17-6)9(14)15)5-16-3-2-10(11,12)13/h4H,2-3,5H2,1H3,(H,14,15). The van der Waals surface area contributed by atoms with Gasteiger partial charge in [-0.15, -0.1) is 11.3 Å². The number of carboxylic acids is 1. The molecule has 3 nitrogen and oxygen atoms in total. The van der Waals surface area contributed by atoms with Gasteiger partial charge in [0.05, 0.1) is 19.6 Å². The number of thiophene rings is 1. The van der Waals surface area contributed by atoms with Gasteiger partial charge in [0.2, 0.25) is 0 Å². The molecule has 0 bridgehead atoms. The highest BCUT2D eigenvalue weighted by atomic mass is 32.1. The van der Waals surface area contributed by atoms with E-state index in [1.54, 1.807) is 6.92 Å². The topological polar surface area (TPSA) is 46.5 Å². The zero-order valence-corrected chi connectivity index (χ0v) is 9.82. The number of alkyl halides is 3. The third kappa shape index (κ3) is 4.74. The summed E-state index contributed by atoms with van der Waals surface area (Å²) in [6.45, 7) is 1.30. The Kier molecular flexibility index (Phi) is 4.53. The van der Waals surface area contributed by atoms with Crippen molar-refractivity contribution in [1.29, 1.82) is 0 Å². The monoisotopic (exact) mass is 268 g/mol. The van der Waals surface area contributed by atoms with Gasteiger partial charge in [0.1, 0.15) is 4.88 Å². The molecule has 1 heterocycles. The molecule has 7 heteroatoms. The Balaban J connectivity index is 2.44. The average Bonchev–Trinajstić information content (AvgIpc) is 2.54. The molecule has 1 rings (SSSR count). The van der Waals surface area contributed by atoms with Gasteiger partial charge in [0.25, 0.3) is 0 Å². The highest BCUT2D eigenvalue weighted by molar-refractivity contribution is 7.14. The molecule has 0 saturated carbocycles. The summed E-state index contributed by atoms with van der Waals surface area (Å²) in [5.41, 5.74) is 0.620. The van der Waals surface area contributed by atoms with E-state index in [2.05, 4.69) is 0 Å². The molecule has 0 unspecified atom stereocenters. The summed E-state index contributed by atoms with van der Waals surface area (Å²) in [5, 5.41) is 8.72. The van der Waals surface area contributed by atoms with Crippen LogP contribution in [0.2, 0.25) is 0 Å². The number of carboxylic acid groups (broad SMARTS) is 1. The van der Waals surface area contributed by atoms with Gasteiger partial charge in [-0.25, -0.2) is 4.79 Å². The normalized spacial score (nSPS) is 11.8. The highest BCUT2D eigenvalue weighted by Gasteiger charge is 2.26. The Labute approximate surface area is 99.8 Å². The third-order valence-electron chi connectivity index (χ3n) is 2.02. The van der Waals surface area contributed by atoms with Crippen LogP contribution in [0.1, 0.15) is 26.5 Å². The first-order valence-corrected chi connectivity index (χ1v) is 5.58. The van der Waals surface area contributed by atoms with E-state index >= 15 is 0 Å². The van der Waals surface area contributed by atoms with Gasteiger partial charge in [0, 0.05) is 4.88 Å². The van der Waals surface area contributed by atoms with Crippen molar-refractivity contribution in [3.63, 3.8) is 0 Å². The lowest BCUT2D eigenvalue weighted by atomic mass is 10.2. The first-order valence-electron chi connectivity index (χ1n) is 4.76. The Hall–Kier alpha value is -1.08. The summed E-state index contributed by atoms with van der Waals surface area (Å²) in [5.74, 6) is -1.04. The lowest BCUT2D eigenvalue weighted by Crippen LogP contribution is -2.11. The smallest absolute Gasteiger partial charge is 0.391 e. The summed E-state index contributed by atoms with van der Waals surface area (Å²) >= 11 is 1.08. The summed E-state index contributed by atoms with van der Waals surface area (Å²) in [6.07, 6.45) is -5.22. The number of ether oxygens (including phenoxy) is 1. The quantitative estimate of drug-likeness (QED) is 0.834. The second kappa shape index (κ2) is 5.50. The summed E-state index contributed by atoms with van der Waals surface area (Å²) in [6, 6.07) is 1.43. The number of rotatable bonds is 5. The Morgan fingerprint density at radius 3 is 2.65 bits per heavy atom. The Bertz CT molecular complexity index is 398. The van der Waals surface area contributed by atoms with E-state index in [0.29, 0.717) is 5.56 Å². The molecule has 0 amide bonds. The van der Waals surface area contributed by atoms with Gasteiger partial charge in [-0.05, 0) is 18.6 Å². The van der Waals surface area contributed by atoms with Crippen LogP contribution >= 0.6 is 11.3 Å².